The summed E-state index contributed by atoms with van der Waals surface area (Å²) >= 11 is 1.44. The molecule has 2 amide bonds. The Kier molecular flexibility index (Phi) is 10.5. The van der Waals surface area contributed by atoms with Gasteiger partial charge in [0.1, 0.15) is 0 Å². The van der Waals surface area contributed by atoms with Crippen LogP contribution in [0.4, 0.5) is 10.5 Å². The Morgan fingerprint density at radius 1 is 1.02 bits per heavy atom. The molecule has 0 saturated heterocycles. The molecule has 0 heterocycles. The molecule has 0 unspecified atom stereocenters. The van der Waals surface area contributed by atoms with Gasteiger partial charge in [-0.25, -0.2) is 17.9 Å². The zero-order valence-electron chi connectivity index (χ0n) is 22.7. The van der Waals surface area contributed by atoms with Crippen molar-refractivity contribution in [2.45, 2.75) is 36.5 Å². The smallest absolute Gasteiger partial charge is 0.407 e. The summed E-state index contributed by atoms with van der Waals surface area (Å²) in [6.45, 7) is 3.87. The average molecular weight is 602 g/mol. The van der Waals surface area contributed by atoms with Gasteiger partial charge >= 0.3 is 6.09 Å². The number of nitrogens with one attached hydrogen (secondary N) is 1. The predicted octanol–water partition coefficient (Wildman–Crippen LogP) is 4.71. The first-order chi connectivity index (χ1) is 19.2. The van der Waals surface area contributed by atoms with Gasteiger partial charge < -0.3 is 15.1 Å². The van der Waals surface area contributed by atoms with Crippen molar-refractivity contribution in [1.29, 1.82) is 0 Å². The Morgan fingerprint density at radius 3 is 2.17 bits per heavy atom. The Bertz CT molecular complexity index is 1510. The number of rotatable bonds is 12. The van der Waals surface area contributed by atoms with Gasteiger partial charge in [0.2, 0.25) is 10.0 Å². The molecule has 3 N–H and O–H groups in total. The molecular formula is C28H31N3O8S2. The summed E-state index contributed by atoms with van der Waals surface area (Å²) in [5.74, 6) is -0.695. The molecule has 0 spiro atoms. The van der Waals surface area contributed by atoms with E-state index in [9.17, 15) is 38.3 Å². The Balaban J connectivity index is 1.70. The van der Waals surface area contributed by atoms with Gasteiger partial charge in [0, 0.05) is 28.8 Å². The Labute approximate surface area is 242 Å². The molecule has 3 rings (SSSR count). The van der Waals surface area contributed by atoms with Crippen molar-refractivity contribution >= 4 is 39.5 Å². The number of nitrogens with zero attached hydrogens (tertiary/aromatic N) is 2. The summed E-state index contributed by atoms with van der Waals surface area (Å²) in [4.78, 5) is 36.3. The van der Waals surface area contributed by atoms with Crippen molar-refractivity contribution in [2.75, 3.05) is 19.3 Å². The quantitative estimate of drug-likeness (QED) is 0.151. The fraction of sp³-hybridized carbons (Fsp3) is 0.286. The molecular weight excluding hydrogens is 570 g/mol. The van der Waals surface area contributed by atoms with E-state index in [1.807, 2.05) is 48.9 Å². The molecule has 0 aliphatic heterocycles. The van der Waals surface area contributed by atoms with Gasteiger partial charge in [0.05, 0.1) is 29.4 Å². The first-order valence-corrected chi connectivity index (χ1v) is 15.3. The molecule has 0 saturated carbocycles. The average Bonchev–Trinajstić information content (AvgIpc) is 2.89. The monoisotopic (exact) mass is 601 g/mol. The largest absolute Gasteiger partial charge is 0.465 e. The van der Waals surface area contributed by atoms with Gasteiger partial charge in [-0.1, -0.05) is 44.2 Å². The SMILES string of the molecule is CC(C)Sc1cc(-c2ccc(CCN(C[C@@H](O)c3ccc([N+](=O)[O-])cc3)C(=O)O)cc2)ccc1C(=O)NS(C)(=O)=O. The lowest BCUT2D eigenvalue weighted by Crippen LogP contribution is -2.35. The van der Waals surface area contributed by atoms with Crippen molar-refractivity contribution in [2.24, 2.45) is 0 Å². The van der Waals surface area contributed by atoms with Crippen LogP contribution < -0.4 is 4.72 Å². The molecule has 0 bridgehead atoms. The van der Waals surface area contributed by atoms with Crippen molar-refractivity contribution in [1.82, 2.24) is 9.62 Å². The van der Waals surface area contributed by atoms with Crippen LogP contribution in [0.3, 0.4) is 0 Å². The van der Waals surface area contributed by atoms with Crippen molar-refractivity contribution in [3.63, 3.8) is 0 Å². The number of non-ortho nitro benzene ring substituents is 1. The van der Waals surface area contributed by atoms with E-state index in [-0.39, 0.29) is 29.6 Å². The van der Waals surface area contributed by atoms with Gasteiger partial charge in [-0.05, 0) is 52.9 Å². The normalized spacial score (nSPS) is 12.1. The molecule has 41 heavy (non-hydrogen) atoms. The molecule has 0 fully saturated rings. The number of benzene rings is 3. The zero-order valence-corrected chi connectivity index (χ0v) is 24.3. The maximum Gasteiger partial charge on any atom is 0.407 e. The Morgan fingerprint density at radius 2 is 1.63 bits per heavy atom. The first kappa shape index (κ1) is 31.6. The Hall–Kier alpha value is -3.94. The summed E-state index contributed by atoms with van der Waals surface area (Å²) in [7, 11) is -3.71. The molecule has 11 nitrogen and oxygen atoms in total. The lowest BCUT2D eigenvalue weighted by Gasteiger charge is -2.22. The van der Waals surface area contributed by atoms with E-state index in [0.717, 1.165) is 27.8 Å². The second-order valence-electron chi connectivity index (χ2n) is 9.62. The molecule has 1 atom stereocenters. The van der Waals surface area contributed by atoms with Crippen molar-refractivity contribution in [3.8, 4) is 11.1 Å². The summed E-state index contributed by atoms with van der Waals surface area (Å²) in [6.07, 6.45) is -1.03. The molecule has 0 radical (unpaired) electrons. The fourth-order valence-corrected chi connectivity index (χ4v) is 5.43. The van der Waals surface area contributed by atoms with Crippen LogP contribution in [0.1, 0.15) is 41.4 Å². The lowest BCUT2D eigenvalue weighted by molar-refractivity contribution is -0.384. The third kappa shape index (κ3) is 9.30. The third-order valence-electron chi connectivity index (χ3n) is 5.98. The minimum Gasteiger partial charge on any atom is -0.465 e. The molecule has 0 aromatic heterocycles. The van der Waals surface area contributed by atoms with Gasteiger partial charge in [-0.2, -0.15) is 0 Å². The predicted molar refractivity (Wildman–Crippen MR) is 157 cm³/mol. The van der Waals surface area contributed by atoms with Gasteiger partial charge in [0.25, 0.3) is 11.6 Å². The summed E-state index contributed by atoms with van der Waals surface area (Å²) < 4.78 is 25.1. The summed E-state index contributed by atoms with van der Waals surface area (Å²) in [5.41, 5.74) is 3.07. The standard InChI is InChI=1S/C28H31N3O8S2/c1-18(2)40-26-16-22(10-13-24(26)27(33)29-41(3,38)39)20-6-4-19(5-7-20)14-15-30(28(34)35)17-25(32)21-8-11-23(12-9-21)31(36)37/h4-13,16,18,25,32H,14-15,17H2,1-3H3,(H,29,33)(H,34,35)/t25-/m1/s1. The molecule has 0 aliphatic rings. The highest BCUT2D eigenvalue weighted by Gasteiger charge is 2.20. The maximum atomic E-state index is 12.5. The van der Waals surface area contributed by atoms with Crippen LogP contribution >= 0.6 is 11.8 Å². The number of amides is 2. The van der Waals surface area contributed by atoms with Crippen molar-refractivity contribution in [3.05, 3.63) is 93.5 Å². The van der Waals surface area contributed by atoms with Crippen LogP contribution in [0.2, 0.25) is 0 Å². The van der Waals surface area contributed by atoms with Crippen LogP contribution in [0.15, 0.2) is 71.6 Å². The van der Waals surface area contributed by atoms with Crippen LogP contribution in [0.25, 0.3) is 11.1 Å². The third-order valence-corrected chi connectivity index (χ3v) is 7.60. The molecule has 3 aromatic carbocycles. The number of aliphatic hydroxyl groups excluding tert-OH is 1. The topological polar surface area (TPSA) is 167 Å². The number of nitro groups is 1. The number of thioether (sulfide) groups is 1. The fourth-order valence-electron chi connectivity index (χ4n) is 3.99. The van der Waals surface area contributed by atoms with E-state index >= 15 is 0 Å². The number of carboxylic acid groups (broad SMARTS) is 1. The number of carbonyl (C=O) groups excluding carboxylic acids is 1. The van der Waals surface area contributed by atoms with Crippen LogP contribution in [0, 0.1) is 10.1 Å². The maximum absolute atomic E-state index is 12.5. The number of sulfonamides is 1. The zero-order chi connectivity index (χ0) is 30.3. The molecule has 218 valence electrons. The minimum atomic E-state index is -3.71. The minimum absolute atomic E-state index is 0.122. The number of nitro benzene ring substituents is 1. The summed E-state index contributed by atoms with van der Waals surface area (Å²) in [5, 5.41) is 31.1. The van der Waals surface area contributed by atoms with Crippen LogP contribution in [-0.4, -0.2) is 65.0 Å². The highest BCUT2D eigenvalue weighted by Crippen LogP contribution is 2.32. The van der Waals surface area contributed by atoms with Gasteiger partial charge in [-0.15, -0.1) is 11.8 Å². The molecule has 3 aromatic rings. The summed E-state index contributed by atoms with van der Waals surface area (Å²) in [6, 6.07) is 18.0. The first-order valence-electron chi connectivity index (χ1n) is 12.6. The number of hydrogen-bond acceptors (Lipinski definition) is 8. The van der Waals surface area contributed by atoms with Gasteiger partial charge in [-0.3, -0.25) is 14.9 Å². The molecule has 0 aliphatic carbocycles. The molecule has 13 heteroatoms. The highest BCUT2D eigenvalue weighted by molar-refractivity contribution is 8.00. The van der Waals surface area contributed by atoms with Crippen LogP contribution in [-0.2, 0) is 16.4 Å². The van der Waals surface area contributed by atoms with Gasteiger partial charge in [0.15, 0.2) is 0 Å². The van der Waals surface area contributed by atoms with E-state index in [1.165, 1.54) is 36.0 Å². The number of aliphatic hydroxyl groups is 1. The second kappa shape index (κ2) is 13.6. The van der Waals surface area contributed by atoms with E-state index in [0.29, 0.717) is 16.9 Å². The van der Waals surface area contributed by atoms with E-state index in [4.69, 9.17) is 0 Å². The number of carbonyl (C=O) groups is 2. The lowest BCUT2D eigenvalue weighted by atomic mass is 10.0. The second-order valence-corrected chi connectivity index (χ2v) is 13.0. The van der Waals surface area contributed by atoms with E-state index in [2.05, 4.69) is 0 Å². The van der Waals surface area contributed by atoms with E-state index < -0.39 is 33.1 Å². The highest BCUT2D eigenvalue weighted by atomic mass is 32.2. The van der Waals surface area contributed by atoms with E-state index in [1.54, 1.807) is 12.1 Å². The number of hydrogen-bond donors (Lipinski definition) is 3. The van der Waals surface area contributed by atoms with Crippen LogP contribution in [0.5, 0.6) is 0 Å². The van der Waals surface area contributed by atoms with Crippen molar-refractivity contribution < 1.29 is 33.1 Å².